The molecule has 2 amide bonds. The number of pyridine rings is 1. The Morgan fingerprint density at radius 2 is 2.12 bits per heavy atom. The van der Waals surface area contributed by atoms with Crippen molar-refractivity contribution in [3.8, 4) is 0 Å². The van der Waals surface area contributed by atoms with E-state index in [1.807, 2.05) is 0 Å². The van der Waals surface area contributed by atoms with Crippen LogP contribution >= 0.6 is 0 Å². The van der Waals surface area contributed by atoms with Crippen molar-refractivity contribution in [2.75, 3.05) is 22.5 Å². The first kappa shape index (κ1) is 19.1. The fraction of sp³-hybridized carbons (Fsp3) is 0.533. The van der Waals surface area contributed by atoms with Crippen LogP contribution in [0.2, 0.25) is 0 Å². The number of ether oxygens (including phenoxy) is 1. The molecule has 0 bridgehead atoms. The van der Waals surface area contributed by atoms with E-state index in [1.165, 1.54) is 4.90 Å². The number of carbonyl (C=O) groups excluding carboxylic acids is 2. The first-order valence-electron chi connectivity index (χ1n) is 7.71. The Morgan fingerprint density at radius 3 is 2.72 bits per heavy atom. The smallest absolute Gasteiger partial charge is 0.413 e. The van der Waals surface area contributed by atoms with E-state index in [0.717, 1.165) is 0 Å². The summed E-state index contributed by atoms with van der Waals surface area (Å²) >= 11 is 0. The van der Waals surface area contributed by atoms with Crippen molar-refractivity contribution in [3.05, 3.63) is 18.2 Å². The minimum absolute atomic E-state index is 0.0852. The highest BCUT2D eigenvalue weighted by atomic mass is 32.2. The molecule has 1 aliphatic heterocycles. The molecule has 1 unspecified atom stereocenters. The normalized spacial score (nSPS) is 18.3. The molecule has 10 heteroatoms. The monoisotopic (exact) mass is 370 g/mol. The van der Waals surface area contributed by atoms with Gasteiger partial charge in [0.2, 0.25) is 15.9 Å². The molecule has 3 N–H and O–H groups in total. The van der Waals surface area contributed by atoms with Gasteiger partial charge < -0.3 is 4.74 Å². The lowest BCUT2D eigenvalue weighted by Crippen LogP contribution is -2.29. The third-order valence-corrected chi connectivity index (χ3v) is 4.25. The molecular weight excluding hydrogens is 348 g/mol. The summed E-state index contributed by atoms with van der Waals surface area (Å²) in [6, 6.07) is 4.81. The molecule has 1 atom stereocenters. The van der Waals surface area contributed by atoms with E-state index in [-0.39, 0.29) is 36.4 Å². The molecule has 0 saturated carbocycles. The Kier molecular flexibility index (Phi) is 5.33. The number of nitrogens with one attached hydrogen (secondary N) is 1. The van der Waals surface area contributed by atoms with Gasteiger partial charge in [-0.2, -0.15) is 0 Å². The van der Waals surface area contributed by atoms with Gasteiger partial charge in [0.05, 0.1) is 5.75 Å². The highest BCUT2D eigenvalue weighted by Gasteiger charge is 2.33. The molecule has 2 rings (SSSR count). The highest BCUT2D eigenvalue weighted by molar-refractivity contribution is 7.89. The molecule has 1 aromatic rings. The molecule has 1 saturated heterocycles. The Balaban J connectivity index is 2.08. The fourth-order valence-corrected chi connectivity index (χ4v) is 3.37. The standard InChI is InChI=1S/C15H22N4O5S/c1-15(2,3)24-14(21)18-11-5-4-6-12(17-11)19-8-10(7-13(19)20)9-25(16,22)23/h4-6,10H,7-9H2,1-3H3,(H2,16,22,23)(H,17,18,21). The largest absolute Gasteiger partial charge is 0.444 e. The average Bonchev–Trinajstić information content (AvgIpc) is 2.75. The number of sulfonamides is 1. The molecule has 0 aromatic carbocycles. The van der Waals surface area contributed by atoms with Crippen LogP contribution in [-0.4, -0.2) is 43.3 Å². The van der Waals surface area contributed by atoms with Crippen molar-refractivity contribution in [2.45, 2.75) is 32.8 Å². The van der Waals surface area contributed by atoms with Crippen LogP contribution in [0.3, 0.4) is 0 Å². The lowest BCUT2D eigenvalue weighted by Gasteiger charge is -2.20. The molecule has 1 aromatic heterocycles. The maximum absolute atomic E-state index is 12.1. The molecule has 2 heterocycles. The molecule has 1 fully saturated rings. The SMILES string of the molecule is CC(C)(C)OC(=O)Nc1cccc(N2CC(CS(N)(=O)=O)CC2=O)n1. The van der Waals surface area contributed by atoms with Crippen molar-refractivity contribution in [1.29, 1.82) is 0 Å². The van der Waals surface area contributed by atoms with Crippen LogP contribution < -0.4 is 15.4 Å². The number of nitrogens with two attached hydrogens (primary N) is 1. The van der Waals surface area contributed by atoms with Gasteiger partial charge in [-0.25, -0.2) is 23.3 Å². The van der Waals surface area contributed by atoms with Gasteiger partial charge in [-0.3, -0.25) is 15.0 Å². The van der Waals surface area contributed by atoms with Gasteiger partial charge in [-0.05, 0) is 32.9 Å². The van der Waals surface area contributed by atoms with E-state index < -0.39 is 21.7 Å². The molecule has 9 nitrogen and oxygen atoms in total. The van der Waals surface area contributed by atoms with E-state index in [2.05, 4.69) is 10.3 Å². The summed E-state index contributed by atoms with van der Waals surface area (Å²) in [7, 11) is -3.65. The maximum Gasteiger partial charge on any atom is 0.413 e. The van der Waals surface area contributed by atoms with E-state index in [4.69, 9.17) is 9.88 Å². The third kappa shape index (κ3) is 5.98. The number of primary sulfonamides is 1. The Labute approximate surface area is 146 Å². The summed E-state index contributed by atoms with van der Waals surface area (Å²) in [5.74, 6) is -0.322. The number of aromatic nitrogens is 1. The zero-order valence-electron chi connectivity index (χ0n) is 14.4. The summed E-state index contributed by atoms with van der Waals surface area (Å²) in [6.07, 6.45) is -0.570. The molecular formula is C15H22N4O5S. The van der Waals surface area contributed by atoms with Crippen LogP contribution in [0.15, 0.2) is 18.2 Å². The van der Waals surface area contributed by atoms with Crippen LogP contribution in [0, 0.1) is 5.92 Å². The Hall–Kier alpha value is -2.20. The number of amides is 2. The number of hydrogen-bond acceptors (Lipinski definition) is 6. The average molecular weight is 370 g/mol. The summed E-state index contributed by atoms with van der Waals surface area (Å²) in [6.45, 7) is 5.43. The first-order chi connectivity index (χ1) is 11.4. The number of anilines is 2. The van der Waals surface area contributed by atoms with E-state index in [9.17, 15) is 18.0 Å². The fourth-order valence-electron chi connectivity index (χ4n) is 2.49. The van der Waals surface area contributed by atoms with Crippen LogP contribution in [-0.2, 0) is 19.6 Å². The second-order valence-electron chi connectivity index (χ2n) is 6.91. The minimum Gasteiger partial charge on any atom is -0.444 e. The lowest BCUT2D eigenvalue weighted by atomic mass is 10.1. The Bertz CT molecular complexity index is 772. The summed E-state index contributed by atoms with van der Waals surface area (Å²) in [5.41, 5.74) is -0.645. The second kappa shape index (κ2) is 6.96. The van der Waals surface area contributed by atoms with Crippen LogP contribution in [0.1, 0.15) is 27.2 Å². The van der Waals surface area contributed by atoms with Crippen LogP contribution in [0.4, 0.5) is 16.4 Å². The van der Waals surface area contributed by atoms with Crippen LogP contribution in [0.5, 0.6) is 0 Å². The van der Waals surface area contributed by atoms with Gasteiger partial charge in [-0.15, -0.1) is 0 Å². The zero-order chi connectivity index (χ0) is 18.8. The summed E-state index contributed by atoms with van der Waals surface area (Å²) in [4.78, 5) is 29.5. The van der Waals surface area contributed by atoms with Crippen molar-refractivity contribution >= 4 is 33.7 Å². The second-order valence-corrected chi connectivity index (χ2v) is 8.57. The van der Waals surface area contributed by atoms with Gasteiger partial charge >= 0.3 is 6.09 Å². The zero-order valence-corrected chi connectivity index (χ0v) is 15.2. The minimum atomic E-state index is -3.65. The molecule has 0 radical (unpaired) electrons. The third-order valence-electron chi connectivity index (χ3n) is 3.31. The quantitative estimate of drug-likeness (QED) is 0.815. The van der Waals surface area contributed by atoms with Crippen molar-refractivity contribution in [3.63, 3.8) is 0 Å². The number of carbonyl (C=O) groups is 2. The highest BCUT2D eigenvalue weighted by Crippen LogP contribution is 2.25. The van der Waals surface area contributed by atoms with E-state index in [1.54, 1.807) is 39.0 Å². The van der Waals surface area contributed by atoms with E-state index in [0.29, 0.717) is 5.82 Å². The van der Waals surface area contributed by atoms with Gasteiger partial charge in [0.25, 0.3) is 0 Å². The topological polar surface area (TPSA) is 132 Å². The summed E-state index contributed by atoms with van der Waals surface area (Å²) in [5, 5.41) is 7.54. The van der Waals surface area contributed by atoms with E-state index >= 15 is 0 Å². The predicted octanol–water partition coefficient (Wildman–Crippen LogP) is 1.07. The van der Waals surface area contributed by atoms with Crippen molar-refractivity contribution in [1.82, 2.24) is 4.98 Å². The maximum atomic E-state index is 12.1. The van der Waals surface area contributed by atoms with Gasteiger partial charge in [0, 0.05) is 18.9 Å². The number of hydrogen-bond donors (Lipinski definition) is 2. The van der Waals surface area contributed by atoms with Gasteiger partial charge in [-0.1, -0.05) is 6.07 Å². The molecule has 1 aliphatic rings. The van der Waals surface area contributed by atoms with Gasteiger partial charge in [0.1, 0.15) is 17.2 Å². The molecule has 25 heavy (non-hydrogen) atoms. The van der Waals surface area contributed by atoms with Crippen molar-refractivity contribution < 1.29 is 22.7 Å². The number of nitrogens with zero attached hydrogens (tertiary/aromatic N) is 2. The Morgan fingerprint density at radius 1 is 1.44 bits per heavy atom. The molecule has 138 valence electrons. The predicted molar refractivity (Wildman–Crippen MR) is 92.5 cm³/mol. The van der Waals surface area contributed by atoms with Crippen molar-refractivity contribution in [2.24, 2.45) is 11.1 Å². The lowest BCUT2D eigenvalue weighted by molar-refractivity contribution is -0.117. The molecule has 0 spiro atoms. The van der Waals surface area contributed by atoms with Crippen LogP contribution in [0.25, 0.3) is 0 Å². The summed E-state index contributed by atoms with van der Waals surface area (Å²) < 4.78 is 27.5. The number of rotatable bonds is 4. The molecule has 0 aliphatic carbocycles. The van der Waals surface area contributed by atoms with Gasteiger partial charge in [0.15, 0.2) is 0 Å². The first-order valence-corrected chi connectivity index (χ1v) is 9.42.